The summed E-state index contributed by atoms with van der Waals surface area (Å²) in [6.45, 7) is 7.59. The van der Waals surface area contributed by atoms with Crippen LogP contribution in [0, 0.1) is 5.92 Å². The van der Waals surface area contributed by atoms with E-state index in [9.17, 15) is 19.5 Å². The highest BCUT2D eigenvalue weighted by Gasteiger charge is 2.32. The fraction of sp³-hybridized carbons (Fsp3) is 0.538. The Kier molecular flexibility index (Phi) is 14.4. The van der Waals surface area contributed by atoms with Gasteiger partial charge in [-0.2, -0.15) is 5.10 Å². The van der Waals surface area contributed by atoms with E-state index in [2.05, 4.69) is 22.6 Å². The summed E-state index contributed by atoms with van der Waals surface area (Å²) < 4.78 is 13.2. The number of rotatable bonds is 18. The molecule has 1 heterocycles. The van der Waals surface area contributed by atoms with Crippen LogP contribution in [0.1, 0.15) is 91.1 Å². The van der Waals surface area contributed by atoms with Gasteiger partial charge in [-0.25, -0.2) is 9.48 Å². The van der Waals surface area contributed by atoms with E-state index >= 15 is 0 Å². The maximum atomic E-state index is 13.8. The SMILES string of the molecule is CNCCCN(C)CCCN(C)C(=O)c1ccc(-n2nc(C(=O)N[C@H](C(=O)O)C3CCCCC3)cc2-c2c(OC)cccc2OC)c(C(C)C)c1. The lowest BCUT2D eigenvalue weighted by atomic mass is 9.84. The summed E-state index contributed by atoms with van der Waals surface area (Å²) in [6, 6.07) is 11.6. The topological polar surface area (TPSA) is 138 Å². The number of methoxy groups -OCH3 is 2. The number of nitrogens with one attached hydrogen (secondary N) is 2. The molecule has 0 spiro atoms. The Hall–Kier alpha value is -4.42. The van der Waals surface area contributed by atoms with E-state index in [-0.39, 0.29) is 23.4 Å². The van der Waals surface area contributed by atoms with Crippen molar-refractivity contribution in [2.24, 2.45) is 5.92 Å². The lowest BCUT2D eigenvalue weighted by Gasteiger charge is -2.27. The normalized spacial score (nSPS) is 14.1. The molecule has 2 amide bonds. The van der Waals surface area contributed by atoms with Crippen molar-refractivity contribution in [2.45, 2.75) is 70.8 Å². The molecular weight excluding hydrogens is 648 g/mol. The molecule has 1 aromatic heterocycles. The Morgan fingerprint density at radius 1 is 0.961 bits per heavy atom. The summed E-state index contributed by atoms with van der Waals surface area (Å²) in [6.07, 6.45) is 6.39. The number of hydrogen-bond donors (Lipinski definition) is 3. The van der Waals surface area contributed by atoms with Crippen LogP contribution in [0.2, 0.25) is 0 Å². The van der Waals surface area contributed by atoms with Crippen molar-refractivity contribution in [3.8, 4) is 28.4 Å². The Balaban J connectivity index is 1.71. The standard InChI is InChI=1S/C39H56N6O6/c1-26(2)29-24-28(38(47)44(5)23-13-22-43(4)21-12-20-40-3)18-19-31(29)45-32(35-33(50-6)16-11-17-34(35)51-7)25-30(42-45)37(46)41-36(39(48)49)27-14-9-8-10-15-27/h11,16-19,24-27,36,40H,8-10,12-15,20-23H2,1-7H3,(H,41,46)(H,48,49)/t36-/m0/s1. The highest BCUT2D eigenvalue weighted by Crippen LogP contribution is 2.40. The average Bonchev–Trinajstić information content (AvgIpc) is 3.58. The van der Waals surface area contributed by atoms with E-state index in [4.69, 9.17) is 14.6 Å². The molecule has 2 aromatic carbocycles. The molecule has 1 saturated carbocycles. The van der Waals surface area contributed by atoms with Crippen molar-refractivity contribution >= 4 is 17.8 Å². The summed E-state index contributed by atoms with van der Waals surface area (Å²) in [4.78, 5) is 43.8. The zero-order chi connectivity index (χ0) is 37.1. The first-order valence-electron chi connectivity index (χ1n) is 18.1. The van der Waals surface area contributed by atoms with Gasteiger partial charge < -0.3 is 35.0 Å². The highest BCUT2D eigenvalue weighted by atomic mass is 16.5. The third-order valence-electron chi connectivity index (χ3n) is 9.77. The fourth-order valence-electron chi connectivity index (χ4n) is 6.90. The minimum atomic E-state index is -1.05. The van der Waals surface area contributed by atoms with E-state index in [0.717, 1.165) is 70.1 Å². The molecule has 1 atom stereocenters. The van der Waals surface area contributed by atoms with Gasteiger partial charge in [0.25, 0.3) is 11.8 Å². The molecule has 0 unspecified atom stereocenters. The van der Waals surface area contributed by atoms with Crippen molar-refractivity contribution in [2.75, 3.05) is 61.5 Å². The predicted octanol–water partition coefficient (Wildman–Crippen LogP) is 5.45. The summed E-state index contributed by atoms with van der Waals surface area (Å²) >= 11 is 0. The van der Waals surface area contributed by atoms with E-state index in [1.807, 2.05) is 46.1 Å². The number of nitrogens with zero attached hydrogens (tertiary/aromatic N) is 4. The molecule has 1 fully saturated rings. The van der Waals surface area contributed by atoms with Crippen LogP contribution in [0.15, 0.2) is 42.5 Å². The molecule has 4 rings (SSSR count). The fourth-order valence-corrected chi connectivity index (χ4v) is 6.90. The monoisotopic (exact) mass is 704 g/mol. The molecule has 0 bridgehead atoms. The van der Waals surface area contributed by atoms with Crippen molar-refractivity contribution in [1.29, 1.82) is 0 Å². The Bertz CT molecular complexity index is 1610. The molecule has 12 heteroatoms. The van der Waals surface area contributed by atoms with Crippen LogP contribution in [0.3, 0.4) is 0 Å². The highest BCUT2D eigenvalue weighted by molar-refractivity contribution is 5.97. The lowest BCUT2D eigenvalue weighted by Crippen LogP contribution is -2.46. The summed E-state index contributed by atoms with van der Waals surface area (Å²) in [5.41, 5.74) is 3.26. The van der Waals surface area contributed by atoms with Gasteiger partial charge in [-0.15, -0.1) is 0 Å². The first kappa shape index (κ1) is 39.4. The van der Waals surface area contributed by atoms with Crippen molar-refractivity contribution in [1.82, 2.24) is 30.2 Å². The maximum absolute atomic E-state index is 13.8. The van der Waals surface area contributed by atoms with Gasteiger partial charge in [0.15, 0.2) is 5.69 Å². The third-order valence-corrected chi connectivity index (χ3v) is 9.77. The van der Waals surface area contributed by atoms with Crippen LogP contribution in [0.25, 0.3) is 16.9 Å². The van der Waals surface area contributed by atoms with Gasteiger partial charge in [0, 0.05) is 19.2 Å². The van der Waals surface area contributed by atoms with Crippen LogP contribution in [-0.2, 0) is 4.79 Å². The van der Waals surface area contributed by atoms with Crippen molar-refractivity contribution in [3.05, 3.63) is 59.3 Å². The molecule has 12 nitrogen and oxygen atoms in total. The minimum Gasteiger partial charge on any atom is -0.496 e. The molecule has 1 aliphatic carbocycles. The van der Waals surface area contributed by atoms with Gasteiger partial charge in [0.05, 0.1) is 31.2 Å². The van der Waals surface area contributed by atoms with Crippen molar-refractivity contribution in [3.63, 3.8) is 0 Å². The number of aliphatic carboxylic acids is 1. The van der Waals surface area contributed by atoms with E-state index in [1.54, 1.807) is 48.1 Å². The van der Waals surface area contributed by atoms with Gasteiger partial charge in [0.2, 0.25) is 0 Å². The average molecular weight is 705 g/mol. The molecule has 3 aromatic rings. The summed E-state index contributed by atoms with van der Waals surface area (Å²) in [5.74, 6) is -0.826. The molecule has 0 aliphatic heterocycles. The van der Waals surface area contributed by atoms with Crippen LogP contribution in [0.4, 0.5) is 0 Å². The van der Waals surface area contributed by atoms with E-state index in [0.29, 0.717) is 40.6 Å². The molecule has 3 N–H and O–H groups in total. The molecule has 51 heavy (non-hydrogen) atoms. The lowest BCUT2D eigenvalue weighted by molar-refractivity contribution is -0.141. The Morgan fingerprint density at radius 3 is 2.24 bits per heavy atom. The predicted molar refractivity (Wildman–Crippen MR) is 199 cm³/mol. The first-order valence-corrected chi connectivity index (χ1v) is 18.1. The molecule has 278 valence electrons. The second-order valence-corrected chi connectivity index (χ2v) is 13.8. The zero-order valence-electron chi connectivity index (χ0n) is 31.3. The number of carbonyl (C=O) groups is 3. The number of carboxylic acid groups (broad SMARTS) is 1. The second kappa shape index (κ2) is 18.7. The molecule has 0 saturated heterocycles. The van der Waals surface area contributed by atoms with Gasteiger partial charge in [-0.05, 0) is 113 Å². The molecule has 1 aliphatic rings. The van der Waals surface area contributed by atoms with Crippen molar-refractivity contribution < 1.29 is 29.0 Å². The summed E-state index contributed by atoms with van der Waals surface area (Å²) in [5, 5.41) is 20.8. The maximum Gasteiger partial charge on any atom is 0.326 e. The second-order valence-electron chi connectivity index (χ2n) is 13.8. The van der Waals surface area contributed by atoms with E-state index < -0.39 is 17.9 Å². The minimum absolute atomic E-state index is 0.0131. The number of hydrogen-bond acceptors (Lipinski definition) is 8. The number of benzene rings is 2. The number of carbonyl (C=O) groups excluding carboxylic acids is 2. The van der Waals surface area contributed by atoms with Crippen LogP contribution < -0.4 is 20.1 Å². The largest absolute Gasteiger partial charge is 0.496 e. The number of carboxylic acids is 1. The summed E-state index contributed by atoms with van der Waals surface area (Å²) in [7, 11) is 9.01. The Labute approximate surface area is 302 Å². The van der Waals surface area contributed by atoms with Gasteiger partial charge in [-0.1, -0.05) is 39.2 Å². The number of amides is 2. The van der Waals surface area contributed by atoms with Crippen LogP contribution >= 0.6 is 0 Å². The van der Waals surface area contributed by atoms with Gasteiger partial charge in [-0.3, -0.25) is 9.59 Å². The quantitative estimate of drug-likeness (QED) is 0.148. The van der Waals surface area contributed by atoms with Gasteiger partial charge >= 0.3 is 5.97 Å². The van der Waals surface area contributed by atoms with Gasteiger partial charge in [0.1, 0.15) is 17.5 Å². The number of aromatic nitrogens is 2. The number of ether oxygens (including phenoxy) is 2. The smallest absolute Gasteiger partial charge is 0.326 e. The third kappa shape index (κ3) is 9.89. The molecular formula is C39H56N6O6. The Morgan fingerprint density at radius 2 is 1.63 bits per heavy atom. The first-order chi connectivity index (χ1) is 24.5. The molecule has 0 radical (unpaired) electrons. The van der Waals surface area contributed by atoms with E-state index in [1.165, 1.54) is 0 Å². The zero-order valence-corrected chi connectivity index (χ0v) is 31.3. The van der Waals surface area contributed by atoms with Crippen LogP contribution in [0.5, 0.6) is 11.5 Å². The van der Waals surface area contributed by atoms with Crippen LogP contribution in [-0.4, -0.2) is 110 Å².